The molecule has 20 heteroatoms. The van der Waals surface area contributed by atoms with Gasteiger partial charge in [-0.25, -0.2) is 0 Å². The van der Waals surface area contributed by atoms with E-state index in [1.165, 1.54) is 0 Å². The number of para-hydroxylation sites is 2. The number of nitrogens with two attached hydrogens (primary N) is 2. The van der Waals surface area contributed by atoms with Crippen molar-refractivity contribution >= 4 is 201 Å². The van der Waals surface area contributed by atoms with Crippen LogP contribution in [0.5, 0.6) is 17.2 Å². The fraction of sp³-hybridized carbons (Fsp3) is 0.500. The van der Waals surface area contributed by atoms with Gasteiger partial charge in [-0.05, 0) is 50.1 Å². The van der Waals surface area contributed by atoms with Gasteiger partial charge in [0.1, 0.15) is 5.75 Å². The van der Waals surface area contributed by atoms with E-state index in [0.717, 1.165) is 45.8 Å². The molecule has 0 aromatic heterocycles. The summed E-state index contributed by atoms with van der Waals surface area (Å²) in [6.07, 6.45) is 0.793. The van der Waals surface area contributed by atoms with Gasteiger partial charge in [0, 0.05) is 85.8 Å². The molecule has 0 aliphatic carbocycles. The first-order chi connectivity index (χ1) is 18.9. The summed E-state index contributed by atoms with van der Waals surface area (Å²) < 4.78 is 20.6. The molecule has 1 atom stereocenters. The molecule has 2 aromatic carbocycles. The number of halogens is 12. The summed E-state index contributed by atoms with van der Waals surface area (Å²) in [4.78, 5) is 4.85. The molecule has 0 bridgehead atoms. The Morgan fingerprint density at radius 3 is 1.68 bits per heavy atom. The van der Waals surface area contributed by atoms with Gasteiger partial charge in [-0.15, -0.1) is 33.3 Å². The number of hydrogen-bond acceptors (Lipinski definition) is 8. The number of ether oxygens (including phenoxy) is 3. The van der Waals surface area contributed by atoms with E-state index in [4.69, 9.17) is 25.8 Å². The van der Waals surface area contributed by atoms with Crippen molar-refractivity contribution in [2.75, 3.05) is 25.7 Å². The summed E-state index contributed by atoms with van der Waals surface area (Å²) in [7, 11) is 1.59. The molecule has 0 aliphatic rings. The Hall–Kier alpha value is 6.54. The van der Waals surface area contributed by atoms with E-state index >= 15 is 0 Å². The SMILES string of the molecule is C.C.C.C.CCOc1ccccc1OCCBr.COc1ccc(CC(C)N)cc1SOON.I.II.II.I[I-]I.I[I-]I. The Morgan fingerprint density at radius 1 is 0.864 bits per heavy atom. The Balaban J connectivity index is -0.0000000568. The van der Waals surface area contributed by atoms with Gasteiger partial charge in [0.2, 0.25) is 0 Å². The molecule has 0 radical (unpaired) electrons. The molecule has 2 aromatic rings. The summed E-state index contributed by atoms with van der Waals surface area (Å²) >= 11 is 23.4. The Morgan fingerprint density at radius 2 is 1.32 bits per heavy atom. The van der Waals surface area contributed by atoms with Crippen molar-refractivity contribution in [2.45, 2.75) is 60.9 Å². The first-order valence-corrected chi connectivity index (χ1v) is 49.5. The molecule has 4 N–H and O–H groups in total. The third kappa shape index (κ3) is 48.5. The number of methoxy groups -OCH3 is 1. The van der Waals surface area contributed by atoms with Crippen LogP contribution in [0.15, 0.2) is 47.4 Å². The molecule has 0 saturated heterocycles. The topological polar surface area (TPSA) is 98.2 Å². The Kier molecular flexibility index (Phi) is 101. The molecule has 7 nitrogen and oxygen atoms in total. The summed E-state index contributed by atoms with van der Waals surface area (Å²) in [6, 6.07) is 13.6. The van der Waals surface area contributed by atoms with E-state index in [-0.39, 0.29) is 59.7 Å². The third-order valence-corrected chi connectivity index (χ3v) is 4.40. The average molecular weight is 1950 g/mol. The van der Waals surface area contributed by atoms with Crippen LogP contribution in [-0.4, -0.2) is 31.7 Å². The predicted octanol–water partition coefficient (Wildman–Crippen LogP) is 8.53. The second kappa shape index (κ2) is 61.6. The van der Waals surface area contributed by atoms with Gasteiger partial charge >= 0.3 is 101 Å². The van der Waals surface area contributed by atoms with E-state index in [0.29, 0.717) is 45.5 Å². The molecule has 274 valence electrons. The van der Waals surface area contributed by atoms with Crippen molar-refractivity contribution in [3.05, 3.63) is 48.0 Å². The maximum absolute atomic E-state index is 5.73. The maximum atomic E-state index is 5.73. The fourth-order valence-corrected chi connectivity index (χ4v) is 3.04. The molecule has 2 rings (SSSR count). The molecule has 0 aliphatic heterocycles. The molecule has 0 fully saturated rings. The van der Waals surface area contributed by atoms with Gasteiger partial charge in [-0.1, -0.05) is 63.8 Å². The van der Waals surface area contributed by atoms with Gasteiger partial charge in [-0.3, -0.25) is 0 Å². The van der Waals surface area contributed by atoms with Crippen LogP contribution in [0.1, 0.15) is 49.1 Å². The van der Waals surface area contributed by atoms with Gasteiger partial charge in [0.15, 0.2) is 11.5 Å². The first-order valence-electron chi connectivity index (χ1n) is 9.94. The quantitative estimate of drug-likeness (QED) is 0.0761. The normalized spacial score (nSPS) is 8.68. The van der Waals surface area contributed by atoms with E-state index in [1.54, 1.807) is 7.11 Å². The molecule has 0 heterocycles. The number of alkyl halides is 1. The zero-order chi connectivity index (χ0) is 30.9. The van der Waals surface area contributed by atoms with Crippen LogP contribution in [0, 0.1) is 0 Å². The average Bonchev–Trinajstić information content (AvgIpc) is 2.95. The minimum atomic E-state index is 0. The second-order valence-electron chi connectivity index (χ2n) is 5.94. The number of hydrogen-bond donors (Lipinski definition) is 2. The predicted molar refractivity (Wildman–Crippen MR) is 274 cm³/mol. The van der Waals surface area contributed by atoms with Gasteiger partial charge in [0.05, 0.1) is 37.3 Å². The van der Waals surface area contributed by atoms with Gasteiger partial charge in [0.25, 0.3) is 0 Å². The minimum absolute atomic E-state index is 0. The zero-order valence-electron chi connectivity index (χ0n) is 21.1. The van der Waals surface area contributed by atoms with E-state index < -0.39 is 0 Å². The van der Waals surface area contributed by atoms with Crippen molar-refractivity contribution in [1.82, 2.24) is 0 Å². The van der Waals surface area contributed by atoms with E-state index in [2.05, 4.69) is 174 Å². The van der Waals surface area contributed by atoms with Crippen LogP contribution in [0.25, 0.3) is 0 Å². The monoisotopic (exact) mass is 1950 g/mol. The molecule has 0 amide bonds. The van der Waals surface area contributed by atoms with Crippen molar-refractivity contribution in [3.63, 3.8) is 0 Å². The molecule has 44 heavy (non-hydrogen) atoms. The van der Waals surface area contributed by atoms with E-state index in [1.807, 2.05) is 56.3 Å². The second-order valence-corrected chi connectivity index (χ2v) is 40.0. The standard InChI is InChI=1S/C10H13BrO2.C10H16N2O3S.4CH4.2I3.2I2.HI/c1-2-12-9-5-3-4-6-10(9)13-8-7-11;1-7(11)5-8-3-4-9(13-2)10(6-8)16-15-14-12;;;;;2*1-3-2;2*1-2;/h3-6H,2,7-8H2,1H3;3-4,6-7H,5,11-12H2,1-2H3;4*1H4;;;;;1H/q;;;;;;2*-1;;;. The van der Waals surface area contributed by atoms with Gasteiger partial charge < -0.3 is 19.9 Å². The van der Waals surface area contributed by atoms with Crippen LogP contribution < -0.4 is 52.4 Å². The Labute approximate surface area is 404 Å². The molecule has 0 saturated carbocycles. The molecule has 0 spiro atoms. The van der Waals surface area contributed by atoms with Crippen molar-refractivity contribution in [1.29, 1.82) is 0 Å². The molecule has 1 unspecified atom stereocenters. The van der Waals surface area contributed by atoms with Gasteiger partial charge in [-0.2, -0.15) is 5.90 Å². The van der Waals surface area contributed by atoms with Crippen molar-refractivity contribution < 1.29 is 50.0 Å². The van der Waals surface area contributed by atoms with Crippen LogP contribution >= 0.6 is 201 Å². The van der Waals surface area contributed by atoms with Crippen LogP contribution in [-0.2, 0) is 15.7 Å². The third-order valence-electron chi connectivity index (χ3n) is 3.43. The summed E-state index contributed by atoms with van der Waals surface area (Å²) in [5.41, 5.74) is 6.84. The van der Waals surface area contributed by atoms with Crippen LogP contribution in [0.2, 0.25) is 0 Å². The first kappa shape index (κ1) is 71.9. The van der Waals surface area contributed by atoms with Crippen molar-refractivity contribution in [2.24, 2.45) is 11.6 Å². The Bertz CT molecular complexity index is 771. The molecular formula is C24H46BrI11N2O5S-2. The zero-order valence-corrected chi connectivity index (χ0v) is 47.4. The summed E-state index contributed by atoms with van der Waals surface area (Å²) in [5, 5.41) is 0.827. The summed E-state index contributed by atoms with van der Waals surface area (Å²) in [6.45, 7) is 5.23. The fourth-order valence-electron chi connectivity index (χ4n) is 2.33. The van der Waals surface area contributed by atoms with Crippen LogP contribution in [0.4, 0.5) is 0 Å². The van der Waals surface area contributed by atoms with E-state index in [9.17, 15) is 0 Å². The van der Waals surface area contributed by atoms with Crippen molar-refractivity contribution in [3.8, 4) is 17.2 Å². The number of rotatable bonds is 11. The van der Waals surface area contributed by atoms with Crippen LogP contribution in [0.3, 0.4) is 0 Å². The number of benzene rings is 2. The summed E-state index contributed by atoms with van der Waals surface area (Å²) in [5.74, 6) is 7.11. The molecular weight excluding hydrogens is 1900 g/mol.